The highest BCUT2D eigenvalue weighted by molar-refractivity contribution is 4.92. The van der Waals surface area contributed by atoms with Crippen molar-refractivity contribution < 1.29 is 5.11 Å². The SMILES string of the molecule is CN(C)CC1CCCN1[C@@H]1CCC[C@H]1O. The quantitative estimate of drug-likeness (QED) is 0.754. The van der Waals surface area contributed by atoms with Gasteiger partial charge in [-0.05, 0) is 52.7 Å². The van der Waals surface area contributed by atoms with Gasteiger partial charge in [0, 0.05) is 18.6 Å². The molecule has 1 saturated carbocycles. The van der Waals surface area contributed by atoms with Crippen LogP contribution in [-0.4, -0.2) is 60.3 Å². The smallest absolute Gasteiger partial charge is 0.0695 e. The molecule has 0 radical (unpaired) electrons. The molecule has 88 valence electrons. The van der Waals surface area contributed by atoms with Crippen molar-refractivity contribution in [2.24, 2.45) is 0 Å². The second-order valence-corrected chi connectivity index (χ2v) is 5.36. The van der Waals surface area contributed by atoms with E-state index in [4.69, 9.17) is 0 Å². The molecule has 0 bridgehead atoms. The molecule has 0 spiro atoms. The number of aliphatic hydroxyl groups is 1. The summed E-state index contributed by atoms with van der Waals surface area (Å²) >= 11 is 0. The van der Waals surface area contributed by atoms with Crippen LogP contribution >= 0.6 is 0 Å². The van der Waals surface area contributed by atoms with E-state index in [0.717, 1.165) is 13.0 Å². The van der Waals surface area contributed by atoms with Gasteiger partial charge in [0.2, 0.25) is 0 Å². The van der Waals surface area contributed by atoms with Crippen LogP contribution in [0.1, 0.15) is 32.1 Å². The molecule has 1 aliphatic carbocycles. The van der Waals surface area contributed by atoms with Gasteiger partial charge in [-0.25, -0.2) is 0 Å². The minimum Gasteiger partial charge on any atom is -0.391 e. The van der Waals surface area contributed by atoms with E-state index in [1.54, 1.807) is 0 Å². The zero-order chi connectivity index (χ0) is 10.8. The van der Waals surface area contributed by atoms with Crippen LogP contribution in [0.3, 0.4) is 0 Å². The molecule has 15 heavy (non-hydrogen) atoms. The van der Waals surface area contributed by atoms with Gasteiger partial charge in [-0.15, -0.1) is 0 Å². The molecule has 3 heteroatoms. The van der Waals surface area contributed by atoms with Crippen LogP contribution in [0, 0.1) is 0 Å². The summed E-state index contributed by atoms with van der Waals surface area (Å²) < 4.78 is 0. The molecule has 0 amide bonds. The molecule has 2 fully saturated rings. The molecule has 0 aromatic carbocycles. The summed E-state index contributed by atoms with van der Waals surface area (Å²) in [6.07, 6.45) is 5.97. The van der Waals surface area contributed by atoms with Crippen molar-refractivity contribution in [2.45, 2.75) is 50.3 Å². The fraction of sp³-hybridized carbons (Fsp3) is 1.00. The van der Waals surface area contributed by atoms with Crippen molar-refractivity contribution in [2.75, 3.05) is 27.2 Å². The van der Waals surface area contributed by atoms with Gasteiger partial charge in [0.15, 0.2) is 0 Å². The second-order valence-electron chi connectivity index (χ2n) is 5.36. The average Bonchev–Trinajstić information content (AvgIpc) is 2.73. The standard InChI is InChI=1S/C12H24N2O/c1-13(2)9-10-5-4-8-14(10)11-6-3-7-12(11)15/h10-12,15H,3-9H2,1-2H3/t10?,11-,12-/m1/s1. The number of hydrogen-bond donors (Lipinski definition) is 1. The molecule has 1 heterocycles. The highest BCUT2D eigenvalue weighted by Crippen LogP contribution is 2.30. The lowest BCUT2D eigenvalue weighted by Gasteiger charge is -2.33. The Morgan fingerprint density at radius 1 is 1.20 bits per heavy atom. The van der Waals surface area contributed by atoms with E-state index in [-0.39, 0.29) is 6.10 Å². The Bertz CT molecular complexity index is 208. The Morgan fingerprint density at radius 2 is 2.00 bits per heavy atom. The number of likely N-dealkylation sites (tertiary alicyclic amines) is 1. The van der Waals surface area contributed by atoms with Crippen LogP contribution < -0.4 is 0 Å². The lowest BCUT2D eigenvalue weighted by molar-refractivity contribution is 0.0562. The minimum absolute atomic E-state index is 0.0623. The van der Waals surface area contributed by atoms with Crippen molar-refractivity contribution >= 4 is 0 Å². The van der Waals surface area contributed by atoms with Crippen molar-refractivity contribution in [3.63, 3.8) is 0 Å². The summed E-state index contributed by atoms with van der Waals surface area (Å²) in [5, 5.41) is 9.95. The monoisotopic (exact) mass is 212 g/mol. The molecule has 2 rings (SSSR count). The molecule has 1 aliphatic heterocycles. The molecular weight excluding hydrogens is 188 g/mol. The highest BCUT2D eigenvalue weighted by Gasteiger charge is 2.36. The number of hydrogen-bond acceptors (Lipinski definition) is 3. The Hall–Kier alpha value is -0.120. The van der Waals surface area contributed by atoms with Crippen molar-refractivity contribution in [3.8, 4) is 0 Å². The van der Waals surface area contributed by atoms with Crippen LogP contribution in [0.25, 0.3) is 0 Å². The number of rotatable bonds is 3. The van der Waals surface area contributed by atoms with Crippen LogP contribution in [0.5, 0.6) is 0 Å². The third-order valence-electron chi connectivity index (χ3n) is 3.87. The van der Waals surface area contributed by atoms with Gasteiger partial charge in [0.1, 0.15) is 0 Å². The summed E-state index contributed by atoms with van der Waals surface area (Å²) in [6, 6.07) is 1.13. The Balaban J connectivity index is 1.94. The summed E-state index contributed by atoms with van der Waals surface area (Å²) in [5.41, 5.74) is 0. The first-order valence-electron chi connectivity index (χ1n) is 6.27. The number of likely N-dealkylation sites (N-methyl/N-ethyl adjacent to an activating group) is 1. The zero-order valence-corrected chi connectivity index (χ0v) is 10.0. The maximum absolute atomic E-state index is 9.95. The zero-order valence-electron chi connectivity index (χ0n) is 10.0. The van der Waals surface area contributed by atoms with E-state index in [2.05, 4.69) is 23.9 Å². The molecule has 0 aromatic heterocycles. The molecule has 1 saturated heterocycles. The fourth-order valence-corrected chi connectivity index (χ4v) is 3.22. The summed E-state index contributed by atoms with van der Waals surface area (Å²) in [6.45, 7) is 2.34. The molecule has 2 aliphatic rings. The topological polar surface area (TPSA) is 26.7 Å². The van der Waals surface area contributed by atoms with E-state index in [1.807, 2.05) is 0 Å². The van der Waals surface area contributed by atoms with Gasteiger partial charge in [-0.2, -0.15) is 0 Å². The van der Waals surface area contributed by atoms with Gasteiger partial charge >= 0.3 is 0 Å². The van der Waals surface area contributed by atoms with Gasteiger partial charge in [0.05, 0.1) is 6.10 Å². The first-order valence-corrected chi connectivity index (χ1v) is 6.27. The predicted octanol–water partition coefficient (Wildman–Crippen LogP) is 0.926. The van der Waals surface area contributed by atoms with E-state index in [9.17, 15) is 5.11 Å². The third-order valence-corrected chi connectivity index (χ3v) is 3.87. The predicted molar refractivity (Wildman–Crippen MR) is 61.9 cm³/mol. The van der Waals surface area contributed by atoms with E-state index in [0.29, 0.717) is 12.1 Å². The second kappa shape index (κ2) is 4.81. The summed E-state index contributed by atoms with van der Waals surface area (Å²) in [7, 11) is 4.28. The Labute approximate surface area is 93.1 Å². The van der Waals surface area contributed by atoms with Crippen molar-refractivity contribution in [1.82, 2.24) is 9.80 Å². The van der Waals surface area contributed by atoms with Gasteiger partial charge in [-0.3, -0.25) is 4.90 Å². The maximum Gasteiger partial charge on any atom is 0.0695 e. The normalized spacial score (nSPS) is 38.0. The third kappa shape index (κ3) is 2.52. The average molecular weight is 212 g/mol. The van der Waals surface area contributed by atoms with E-state index >= 15 is 0 Å². The first kappa shape index (κ1) is 11.4. The van der Waals surface area contributed by atoms with Crippen molar-refractivity contribution in [3.05, 3.63) is 0 Å². The number of nitrogens with zero attached hydrogens (tertiary/aromatic N) is 2. The Morgan fingerprint density at radius 3 is 2.60 bits per heavy atom. The largest absolute Gasteiger partial charge is 0.391 e. The molecule has 1 N–H and O–H groups in total. The molecule has 1 unspecified atom stereocenters. The molecule has 3 nitrogen and oxygen atoms in total. The fourth-order valence-electron chi connectivity index (χ4n) is 3.22. The molecular formula is C12H24N2O. The lowest BCUT2D eigenvalue weighted by Crippen LogP contribution is -2.46. The number of aliphatic hydroxyl groups excluding tert-OH is 1. The van der Waals surface area contributed by atoms with Crippen molar-refractivity contribution in [1.29, 1.82) is 0 Å². The highest BCUT2D eigenvalue weighted by atomic mass is 16.3. The molecule has 0 aromatic rings. The minimum atomic E-state index is -0.0623. The maximum atomic E-state index is 9.95. The van der Waals surface area contributed by atoms with E-state index in [1.165, 1.54) is 32.2 Å². The van der Waals surface area contributed by atoms with Gasteiger partial charge in [0.25, 0.3) is 0 Å². The molecule has 3 atom stereocenters. The summed E-state index contributed by atoms with van der Waals surface area (Å²) in [5.74, 6) is 0. The van der Waals surface area contributed by atoms with Gasteiger partial charge < -0.3 is 10.0 Å². The van der Waals surface area contributed by atoms with Crippen LogP contribution in [-0.2, 0) is 0 Å². The van der Waals surface area contributed by atoms with E-state index < -0.39 is 0 Å². The lowest BCUT2D eigenvalue weighted by atomic mass is 10.1. The van der Waals surface area contributed by atoms with Crippen LogP contribution in [0.15, 0.2) is 0 Å². The van der Waals surface area contributed by atoms with Crippen LogP contribution in [0.4, 0.5) is 0 Å². The van der Waals surface area contributed by atoms with Gasteiger partial charge in [-0.1, -0.05) is 0 Å². The van der Waals surface area contributed by atoms with Crippen LogP contribution in [0.2, 0.25) is 0 Å². The Kier molecular flexibility index (Phi) is 3.65. The summed E-state index contributed by atoms with van der Waals surface area (Å²) in [4.78, 5) is 4.84. The first-order chi connectivity index (χ1) is 7.18.